The molecule has 0 aliphatic carbocycles. The zero-order chi connectivity index (χ0) is 10.1. The van der Waals surface area contributed by atoms with E-state index in [4.69, 9.17) is 5.73 Å². The molecule has 0 bridgehead atoms. The molecule has 0 atom stereocenters. The molecule has 0 unspecified atom stereocenters. The number of anilines is 1. The molecule has 2 aromatic rings. The third-order valence-corrected chi connectivity index (χ3v) is 3.50. The van der Waals surface area contributed by atoms with Gasteiger partial charge in [-0.3, -0.25) is 0 Å². The maximum absolute atomic E-state index is 5.44. The number of rotatable bonds is 2. The summed E-state index contributed by atoms with van der Waals surface area (Å²) in [6.45, 7) is 0.570. The average molecular weight is 339 g/mol. The first-order valence-electron chi connectivity index (χ1n) is 3.61. The summed E-state index contributed by atoms with van der Waals surface area (Å²) in [5.41, 5.74) is 5.44. The first-order valence-corrected chi connectivity index (χ1v) is 6.01. The molecule has 2 N–H and O–H groups in total. The second-order valence-electron chi connectivity index (χ2n) is 2.45. The van der Waals surface area contributed by atoms with E-state index in [0.717, 1.165) is 8.79 Å². The number of nitrogen functional groups attached to an aromatic ring is 1. The predicted molar refractivity (Wildman–Crippen MR) is 61.1 cm³/mol. The molecule has 2 aromatic heterocycles. The molecule has 14 heavy (non-hydrogen) atoms. The van der Waals surface area contributed by atoms with Gasteiger partial charge in [0.1, 0.15) is 5.01 Å². The van der Waals surface area contributed by atoms with E-state index in [2.05, 4.69) is 46.9 Å². The Morgan fingerprint density at radius 2 is 2.29 bits per heavy atom. The second-order valence-corrected chi connectivity index (χ2v) is 5.66. The van der Waals surface area contributed by atoms with Crippen molar-refractivity contribution in [2.75, 3.05) is 5.73 Å². The van der Waals surface area contributed by atoms with Gasteiger partial charge in [-0.2, -0.15) is 4.98 Å². The summed E-state index contributed by atoms with van der Waals surface area (Å²) in [6, 6.07) is 0. The molecule has 2 heterocycles. The van der Waals surface area contributed by atoms with Gasteiger partial charge in [-0.25, -0.2) is 9.67 Å². The Kier molecular flexibility index (Phi) is 2.84. The Morgan fingerprint density at radius 3 is 2.79 bits per heavy atom. The monoisotopic (exact) mass is 337 g/mol. The first-order chi connectivity index (χ1) is 6.65. The summed E-state index contributed by atoms with van der Waals surface area (Å²) in [5.74, 6) is 0.257. The van der Waals surface area contributed by atoms with Gasteiger partial charge in [0.25, 0.3) is 0 Å². The fourth-order valence-electron chi connectivity index (χ4n) is 0.929. The van der Waals surface area contributed by atoms with Gasteiger partial charge in [0.15, 0.2) is 4.73 Å². The first kappa shape index (κ1) is 10.1. The van der Waals surface area contributed by atoms with Crippen LogP contribution in [0.25, 0.3) is 0 Å². The molecule has 0 aliphatic heterocycles. The van der Waals surface area contributed by atoms with Gasteiger partial charge in [0.05, 0.1) is 16.5 Å². The summed E-state index contributed by atoms with van der Waals surface area (Å²) < 4.78 is 3.26. The molecule has 0 saturated carbocycles. The van der Waals surface area contributed by atoms with Crippen LogP contribution < -0.4 is 5.73 Å². The van der Waals surface area contributed by atoms with Crippen LogP contribution in [0.3, 0.4) is 0 Å². The van der Waals surface area contributed by atoms with Crippen LogP contribution in [-0.2, 0) is 6.54 Å². The molecule has 5 nitrogen and oxygen atoms in total. The molecule has 0 saturated heterocycles. The molecular formula is C6H5Br2N5S. The number of nitrogens with two attached hydrogens (primary N) is 1. The van der Waals surface area contributed by atoms with E-state index in [1.54, 1.807) is 22.2 Å². The topological polar surface area (TPSA) is 69.6 Å². The van der Waals surface area contributed by atoms with Crippen LogP contribution in [0.4, 0.5) is 5.95 Å². The highest BCUT2D eigenvalue weighted by atomic mass is 79.9. The number of hydrogen-bond acceptors (Lipinski definition) is 5. The molecule has 0 fully saturated rings. The summed E-state index contributed by atoms with van der Waals surface area (Å²) in [7, 11) is 0. The molecular weight excluding hydrogens is 334 g/mol. The van der Waals surface area contributed by atoms with Crippen molar-refractivity contribution < 1.29 is 0 Å². The number of halogens is 2. The average Bonchev–Trinajstić information content (AvgIpc) is 2.61. The molecule has 0 radical (unpaired) electrons. The van der Waals surface area contributed by atoms with Crippen molar-refractivity contribution in [3.05, 3.63) is 19.7 Å². The van der Waals surface area contributed by atoms with Crippen LogP contribution in [0, 0.1) is 0 Å². The Hall–Kier alpha value is -0.470. The summed E-state index contributed by atoms with van der Waals surface area (Å²) >= 11 is 8.16. The zero-order valence-electron chi connectivity index (χ0n) is 6.81. The lowest BCUT2D eigenvalue weighted by molar-refractivity contribution is 0.667. The van der Waals surface area contributed by atoms with Gasteiger partial charge in [0, 0.05) is 0 Å². The van der Waals surface area contributed by atoms with E-state index in [-0.39, 0.29) is 5.95 Å². The van der Waals surface area contributed by atoms with Crippen LogP contribution in [0.5, 0.6) is 0 Å². The van der Waals surface area contributed by atoms with Crippen molar-refractivity contribution in [3.8, 4) is 0 Å². The maximum Gasteiger partial charge on any atom is 0.240 e. The molecule has 8 heteroatoms. The highest BCUT2D eigenvalue weighted by molar-refractivity contribution is 9.11. The Morgan fingerprint density at radius 1 is 1.50 bits per heavy atom. The molecule has 0 aromatic carbocycles. The Balaban J connectivity index is 2.22. The van der Waals surface area contributed by atoms with Crippen LogP contribution in [0.2, 0.25) is 0 Å². The smallest absolute Gasteiger partial charge is 0.240 e. The predicted octanol–water partition coefficient (Wildman–Crippen LogP) is 1.89. The van der Waals surface area contributed by atoms with Gasteiger partial charge in [0.2, 0.25) is 5.95 Å². The quantitative estimate of drug-likeness (QED) is 0.907. The van der Waals surface area contributed by atoms with Crippen LogP contribution >= 0.6 is 43.2 Å². The Bertz CT molecular complexity index is 451. The highest BCUT2D eigenvalue weighted by Gasteiger charge is 2.07. The van der Waals surface area contributed by atoms with Gasteiger partial charge >= 0.3 is 0 Å². The lowest BCUT2D eigenvalue weighted by Crippen LogP contribution is -2.02. The van der Waals surface area contributed by atoms with Gasteiger partial charge in [-0.1, -0.05) is 0 Å². The van der Waals surface area contributed by atoms with Crippen LogP contribution in [0.1, 0.15) is 5.01 Å². The van der Waals surface area contributed by atoms with E-state index in [9.17, 15) is 0 Å². The SMILES string of the molecule is Nc1nc(Br)n(Cc2ncc(Br)s2)n1. The van der Waals surface area contributed by atoms with Crippen molar-refractivity contribution in [1.29, 1.82) is 0 Å². The normalized spacial score (nSPS) is 10.7. The zero-order valence-corrected chi connectivity index (χ0v) is 10.8. The number of thiazole rings is 1. The molecule has 2 rings (SSSR count). The van der Waals surface area contributed by atoms with Crippen molar-refractivity contribution in [3.63, 3.8) is 0 Å². The van der Waals surface area contributed by atoms with E-state index in [0.29, 0.717) is 11.3 Å². The standard InChI is InChI=1S/C6H5Br2N5S/c7-3-1-10-4(14-3)2-13-5(8)11-6(9)12-13/h1H,2H2,(H2,9,12). The van der Waals surface area contributed by atoms with Crippen LogP contribution in [0.15, 0.2) is 14.7 Å². The second kappa shape index (κ2) is 3.95. The lowest BCUT2D eigenvalue weighted by atomic mass is 10.7. The van der Waals surface area contributed by atoms with E-state index < -0.39 is 0 Å². The summed E-state index contributed by atoms with van der Waals surface area (Å²) in [6.07, 6.45) is 1.76. The largest absolute Gasteiger partial charge is 0.366 e. The van der Waals surface area contributed by atoms with Crippen molar-refractivity contribution >= 4 is 49.1 Å². The number of hydrogen-bond donors (Lipinski definition) is 1. The van der Waals surface area contributed by atoms with E-state index in [1.807, 2.05) is 0 Å². The minimum absolute atomic E-state index is 0.257. The fourth-order valence-corrected chi connectivity index (χ4v) is 2.60. The highest BCUT2D eigenvalue weighted by Crippen LogP contribution is 2.20. The summed E-state index contributed by atoms with van der Waals surface area (Å²) in [4.78, 5) is 8.11. The minimum atomic E-state index is 0.257. The minimum Gasteiger partial charge on any atom is -0.366 e. The van der Waals surface area contributed by atoms with Gasteiger partial charge < -0.3 is 5.73 Å². The molecule has 0 spiro atoms. The maximum atomic E-state index is 5.44. The molecule has 0 aliphatic rings. The van der Waals surface area contributed by atoms with E-state index in [1.165, 1.54) is 0 Å². The molecule has 74 valence electrons. The van der Waals surface area contributed by atoms with Gasteiger partial charge in [-0.05, 0) is 31.9 Å². The lowest BCUT2D eigenvalue weighted by Gasteiger charge is -1.96. The van der Waals surface area contributed by atoms with Gasteiger partial charge in [-0.15, -0.1) is 16.4 Å². The summed E-state index contributed by atoms with van der Waals surface area (Å²) in [5, 5.41) is 4.95. The van der Waals surface area contributed by atoms with E-state index >= 15 is 0 Å². The number of nitrogens with zero attached hydrogens (tertiary/aromatic N) is 4. The third-order valence-electron chi connectivity index (χ3n) is 1.45. The third kappa shape index (κ3) is 2.12. The van der Waals surface area contributed by atoms with Crippen LogP contribution in [-0.4, -0.2) is 19.7 Å². The van der Waals surface area contributed by atoms with Crippen molar-refractivity contribution in [1.82, 2.24) is 19.7 Å². The number of aromatic nitrogens is 4. The van der Waals surface area contributed by atoms with Crippen molar-refractivity contribution in [2.45, 2.75) is 6.54 Å². The van der Waals surface area contributed by atoms with Crippen molar-refractivity contribution in [2.24, 2.45) is 0 Å². The molecule has 0 amide bonds. The fraction of sp³-hybridized carbons (Fsp3) is 0.167. The Labute approximate surface area is 101 Å².